The summed E-state index contributed by atoms with van der Waals surface area (Å²) in [6, 6.07) is 14.6. The van der Waals surface area contributed by atoms with Crippen LogP contribution in [0.3, 0.4) is 0 Å². The van der Waals surface area contributed by atoms with Crippen molar-refractivity contribution in [3.05, 3.63) is 75.2 Å². The Morgan fingerprint density at radius 1 is 1.21 bits per heavy atom. The Morgan fingerprint density at radius 3 is 2.85 bits per heavy atom. The van der Waals surface area contributed by atoms with Gasteiger partial charge < -0.3 is 9.47 Å². The highest BCUT2D eigenvalue weighted by atomic mass is 35.5. The van der Waals surface area contributed by atoms with E-state index in [-0.39, 0.29) is 11.7 Å². The van der Waals surface area contributed by atoms with Crippen LogP contribution in [0.5, 0.6) is 0 Å². The van der Waals surface area contributed by atoms with Crippen molar-refractivity contribution < 1.29 is 14.3 Å². The fraction of sp³-hybridized carbons (Fsp3) is 0.280. The number of esters is 1. The molecule has 0 saturated carbocycles. The number of carbonyl (C=O) groups is 1. The van der Waals surface area contributed by atoms with E-state index in [0.717, 1.165) is 29.3 Å². The van der Waals surface area contributed by atoms with Gasteiger partial charge in [-0.1, -0.05) is 41.6 Å². The smallest absolute Gasteiger partial charge is 0.337 e. The van der Waals surface area contributed by atoms with Gasteiger partial charge in [-0.3, -0.25) is 9.36 Å². The van der Waals surface area contributed by atoms with Crippen LogP contribution in [0.4, 0.5) is 0 Å². The lowest BCUT2D eigenvalue weighted by Gasteiger charge is -2.17. The first kappa shape index (κ1) is 22.8. The zero-order valence-corrected chi connectivity index (χ0v) is 20.1. The Balaban J connectivity index is 1.54. The highest BCUT2D eigenvalue weighted by Gasteiger charge is 2.21. The molecule has 1 aliphatic rings. The molecule has 0 radical (unpaired) electrons. The zero-order valence-electron chi connectivity index (χ0n) is 18.5. The number of ether oxygens (including phenoxy) is 2. The number of thioether (sulfide) groups is 1. The zero-order chi connectivity index (χ0) is 23.7. The van der Waals surface area contributed by atoms with Crippen LogP contribution in [0.15, 0.2) is 58.5 Å². The highest BCUT2D eigenvalue weighted by Crippen LogP contribution is 2.29. The summed E-state index contributed by atoms with van der Waals surface area (Å²) >= 11 is 7.87. The van der Waals surface area contributed by atoms with E-state index in [0.29, 0.717) is 45.7 Å². The number of halogens is 1. The SMILES string of the molecule is COC(=O)c1ccc2c(=O)n(CC3CCCO3)c(SCc3cc4ccccc4nc3Cl)nc2c1. The summed E-state index contributed by atoms with van der Waals surface area (Å²) in [6.07, 6.45) is 1.84. The lowest BCUT2D eigenvalue weighted by molar-refractivity contribution is 0.0601. The molecule has 2 aromatic heterocycles. The van der Waals surface area contributed by atoms with E-state index in [1.807, 2.05) is 30.3 Å². The molecule has 0 bridgehead atoms. The fourth-order valence-corrected chi connectivity index (χ4v) is 5.36. The first-order valence-electron chi connectivity index (χ1n) is 10.9. The van der Waals surface area contributed by atoms with Crippen molar-refractivity contribution >= 4 is 51.1 Å². The highest BCUT2D eigenvalue weighted by molar-refractivity contribution is 7.98. The lowest BCUT2D eigenvalue weighted by atomic mass is 10.1. The Bertz CT molecular complexity index is 1450. The normalized spacial score (nSPS) is 15.8. The molecule has 0 spiro atoms. The van der Waals surface area contributed by atoms with E-state index < -0.39 is 5.97 Å². The lowest BCUT2D eigenvalue weighted by Crippen LogP contribution is -2.29. The van der Waals surface area contributed by atoms with Crippen molar-refractivity contribution in [2.24, 2.45) is 0 Å². The van der Waals surface area contributed by atoms with Gasteiger partial charge in [-0.25, -0.2) is 14.8 Å². The maximum absolute atomic E-state index is 13.4. The summed E-state index contributed by atoms with van der Waals surface area (Å²) in [5, 5.41) is 2.40. The monoisotopic (exact) mass is 495 g/mol. The van der Waals surface area contributed by atoms with E-state index in [4.69, 9.17) is 26.1 Å². The predicted molar refractivity (Wildman–Crippen MR) is 133 cm³/mol. The molecule has 7 nitrogen and oxygen atoms in total. The molecule has 4 aromatic rings. The molecule has 0 N–H and O–H groups in total. The van der Waals surface area contributed by atoms with Crippen LogP contribution in [0.25, 0.3) is 21.8 Å². The third-order valence-electron chi connectivity index (χ3n) is 5.86. The summed E-state index contributed by atoms with van der Waals surface area (Å²) in [5.41, 5.74) is 2.31. The van der Waals surface area contributed by atoms with Gasteiger partial charge in [-0.05, 0) is 43.2 Å². The van der Waals surface area contributed by atoms with E-state index in [1.54, 1.807) is 22.8 Å². The van der Waals surface area contributed by atoms with Crippen molar-refractivity contribution in [3.8, 4) is 0 Å². The first-order valence-corrected chi connectivity index (χ1v) is 12.3. The quantitative estimate of drug-likeness (QED) is 0.163. The number of fused-ring (bicyclic) bond motifs is 2. The standard InChI is InChI=1S/C25H22ClN3O4S/c1-32-24(31)16-8-9-19-21(12-16)28-25(29(23(19)30)13-18-6-4-10-33-18)34-14-17-11-15-5-2-3-7-20(15)27-22(17)26/h2-3,5,7-9,11-12,18H,4,6,10,13-14H2,1H3. The molecule has 0 aliphatic carbocycles. The average Bonchev–Trinajstić information content (AvgIpc) is 3.37. The van der Waals surface area contributed by atoms with Gasteiger partial charge in [-0.2, -0.15) is 0 Å². The van der Waals surface area contributed by atoms with Gasteiger partial charge >= 0.3 is 5.97 Å². The van der Waals surface area contributed by atoms with Gasteiger partial charge in [-0.15, -0.1) is 0 Å². The Labute approximate surface area is 205 Å². The average molecular weight is 496 g/mol. The van der Waals surface area contributed by atoms with Gasteiger partial charge in [0.05, 0.1) is 41.7 Å². The Kier molecular flexibility index (Phi) is 6.54. The van der Waals surface area contributed by atoms with Crippen molar-refractivity contribution in [1.29, 1.82) is 0 Å². The number of carbonyl (C=O) groups excluding carboxylic acids is 1. The van der Waals surface area contributed by atoms with Gasteiger partial charge in [0.2, 0.25) is 0 Å². The van der Waals surface area contributed by atoms with Gasteiger partial charge in [0.15, 0.2) is 5.16 Å². The molecular weight excluding hydrogens is 474 g/mol. The number of benzene rings is 2. The molecule has 1 saturated heterocycles. The molecule has 2 aromatic carbocycles. The molecule has 1 aliphatic heterocycles. The molecular formula is C25H22ClN3O4S. The largest absolute Gasteiger partial charge is 0.465 e. The minimum absolute atomic E-state index is 0.0310. The molecule has 1 fully saturated rings. The van der Waals surface area contributed by atoms with Gasteiger partial charge in [0, 0.05) is 23.3 Å². The molecule has 3 heterocycles. The number of para-hydroxylation sites is 1. The summed E-state index contributed by atoms with van der Waals surface area (Å²) < 4.78 is 12.3. The minimum Gasteiger partial charge on any atom is -0.465 e. The molecule has 0 amide bonds. The van der Waals surface area contributed by atoms with Crippen molar-refractivity contribution in [2.45, 2.75) is 36.4 Å². The van der Waals surface area contributed by atoms with Crippen LogP contribution >= 0.6 is 23.4 Å². The van der Waals surface area contributed by atoms with Crippen LogP contribution in [0.1, 0.15) is 28.8 Å². The molecule has 34 heavy (non-hydrogen) atoms. The van der Waals surface area contributed by atoms with Gasteiger partial charge in [0.1, 0.15) is 5.15 Å². The predicted octanol–water partition coefficient (Wildman–Crippen LogP) is 4.86. The van der Waals surface area contributed by atoms with Crippen LogP contribution in [-0.4, -0.2) is 40.3 Å². The van der Waals surface area contributed by atoms with Crippen molar-refractivity contribution in [3.63, 3.8) is 0 Å². The second-order valence-electron chi connectivity index (χ2n) is 8.09. The van der Waals surface area contributed by atoms with Crippen LogP contribution in [0.2, 0.25) is 5.15 Å². The number of hydrogen-bond donors (Lipinski definition) is 0. The number of nitrogens with zero attached hydrogens (tertiary/aromatic N) is 3. The molecule has 174 valence electrons. The van der Waals surface area contributed by atoms with E-state index in [2.05, 4.69) is 4.98 Å². The first-order chi connectivity index (χ1) is 16.5. The van der Waals surface area contributed by atoms with Gasteiger partial charge in [0.25, 0.3) is 5.56 Å². The van der Waals surface area contributed by atoms with E-state index >= 15 is 0 Å². The topological polar surface area (TPSA) is 83.3 Å². The minimum atomic E-state index is -0.476. The number of aromatic nitrogens is 3. The molecule has 9 heteroatoms. The van der Waals surface area contributed by atoms with E-state index in [9.17, 15) is 9.59 Å². The molecule has 1 unspecified atom stereocenters. The maximum Gasteiger partial charge on any atom is 0.337 e. The van der Waals surface area contributed by atoms with Crippen LogP contribution in [-0.2, 0) is 21.8 Å². The molecule has 5 rings (SSSR count). The molecule has 1 atom stereocenters. The van der Waals surface area contributed by atoms with E-state index in [1.165, 1.54) is 18.9 Å². The Morgan fingerprint density at radius 2 is 2.06 bits per heavy atom. The van der Waals surface area contributed by atoms with Crippen LogP contribution in [0, 0.1) is 0 Å². The van der Waals surface area contributed by atoms with Crippen LogP contribution < -0.4 is 5.56 Å². The number of rotatable bonds is 6. The number of hydrogen-bond acceptors (Lipinski definition) is 7. The maximum atomic E-state index is 13.4. The number of pyridine rings is 1. The summed E-state index contributed by atoms with van der Waals surface area (Å²) in [6.45, 7) is 1.12. The van der Waals surface area contributed by atoms with Crippen molar-refractivity contribution in [2.75, 3.05) is 13.7 Å². The third kappa shape index (κ3) is 4.53. The number of methoxy groups -OCH3 is 1. The summed E-state index contributed by atoms with van der Waals surface area (Å²) in [5.74, 6) is 0.00654. The Hall–Kier alpha value is -2.94. The fourth-order valence-electron chi connectivity index (χ4n) is 4.09. The third-order valence-corrected chi connectivity index (χ3v) is 7.21. The second kappa shape index (κ2) is 9.74. The summed E-state index contributed by atoms with van der Waals surface area (Å²) in [4.78, 5) is 34.7. The second-order valence-corrected chi connectivity index (χ2v) is 9.39. The van der Waals surface area contributed by atoms with Crippen molar-refractivity contribution in [1.82, 2.24) is 14.5 Å². The summed E-state index contributed by atoms with van der Waals surface area (Å²) in [7, 11) is 1.32.